The largest absolute Gasteiger partial charge is 0.493 e. The van der Waals surface area contributed by atoms with Crippen molar-refractivity contribution in [3.05, 3.63) is 12.1 Å². The topological polar surface area (TPSA) is 74.5 Å². The second-order valence-electron chi connectivity index (χ2n) is 1.63. The Labute approximate surface area is 56.5 Å². The molecule has 3 N–H and O–H groups in total. The zero-order valence-electron chi connectivity index (χ0n) is 4.98. The average Bonchev–Trinajstić information content (AvgIpc) is 2.20. The van der Waals surface area contributed by atoms with Crippen LogP contribution in [0.15, 0.2) is 12.1 Å². The summed E-state index contributed by atoms with van der Waals surface area (Å²) in [7, 11) is 0. The number of rotatable bonds is 2. The summed E-state index contributed by atoms with van der Waals surface area (Å²) < 4.78 is 0.840. The van der Waals surface area contributed by atoms with Crippen LogP contribution in [-0.4, -0.2) is 21.3 Å². The van der Waals surface area contributed by atoms with Crippen LogP contribution >= 0.6 is 0 Å². The minimum absolute atomic E-state index is 0.218. The molecule has 0 spiro atoms. The zero-order chi connectivity index (χ0) is 7.56. The molecule has 10 heavy (non-hydrogen) atoms. The van der Waals surface area contributed by atoms with E-state index in [-0.39, 0.29) is 11.8 Å². The Kier molecular flexibility index (Phi) is 1.49. The standard InChI is InChI=1S/C5H6N2O3/c8-3-6-7-4(9)1-2-5(7)10/h1-3,9-10H,(H,6,8). The Bertz CT molecular complexity index is 224. The number of carbonyl (C=O) groups is 1. The molecule has 0 aliphatic rings. The van der Waals surface area contributed by atoms with E-state index in [9.17, 15) is 4.79 Å². The number of aromatic nitrogens is 1. The van der Waals surface area contributed by atoms with Crippen molar-refractivity contribution in [2.75, 3.05) is 5.43 Å². The van der Waals surface area contributed by atoms with Crippen LogP contribution in [0.4, 0.5) is 0 Å². The first-order valence-electron chi connectivity index (χ1n) is 2.55. The van der Waals surface area contributed by atoms with E-state index >= 15 is 0 Å². The first-order valence-corrected chi connectivity index (χ1v) is 2.55. The number of carbonyl (C=O) groups excluding carboxylic acids is 1. The molecule has 0 atom stereocenters. The van der Waals surface area contributed by atoms with Gasteiger partial charge in [0.05, 0.1) is 0 Å². The van der Waals surface area contributed by atoms with Crippen LogP contribution in [0.5, 0.6) is 11.8 Å². The molecule has 0 unspecified atom stereocenters. The lowest BCUT2D eigenvalue weighted by Crippen LogP contribution is -2.10. The van der Waals surface area contributed by atoms with Crippen molar-refractivity contribution in [1.29, 1.82) is 0 Å². The molecule has 0 aliphatic carbocycles. The van der Waals surface area contributed by atoms with Crippen molar-refractivity contribution in [2.24, 2.45) is 0 Å². The van der Waals surface area contributed by atoms with Gasteiger partial charge in [-0.25, -0.2) is 0 Å². The lowest BCUT2D eigenvalue weighted by Gasteiger charge is -2.01. The molecular formula is C5H6N2O3. The van der Waals surface area contributed by atoms with Crippen LogP contribution in [-0.2, 0) is 4.79 Å². The monoisotopic (exact) mass is 142 g/mol. The Morgan fingerprint density at radius 2 is 1.90 bits per heavy atom. The Hall–Kier alpha value is -1.65. The summed E-state index contributed by atoms with van der Waals surface area (Å²) in [6, 6.07) is 2.51. The van der Waals surface area contributed by atoms with E-state index in [0.717, 1.165) is 4.68 Å². The summed E-state index contributed by atoms with van der Waals surface area (Å²) in [6.07, 6.45) is 0.347. The average molecular weight is 142 g/mol. The number of hydrogen-bond donors (Lipinski definition) is 3. The van der Waals surface area contributed by atoms with Gasteiger partial charge in [0.25, 0.3) is 0 Å². The highest BCUT2D eigenvalue weighted by molar-refractivity contribution is 5.58. The number of nitrogens with one attached hydrogen (secondary N) is 1. The summed E-state index contributed by atoms with van der Waals surface area (Å²) in [6.45, 7) is 0. The van der Waals surface area contributed by atoms with Crippen LogP contribution in [0.3, 0.4) is 0 Å². The predicted octanol–water partition coefficient (Wildman–Crippen LogP) is -0.401. The molecule has 0 saturated carbocycles. The first-order chi connectivity index (χ1) is 4.75. The van der Waals surface area contributed by atoms with Crippen molar-refractivity contribution in [3.8, 4) is 11.8 Å². The van der Waals surface area contributed by atoms with E-state index in [2.05, 4.69) is 5.43 Å². The third kappa shape index (κ3) is 0.883. The van der Waals surface area contributed by atoms with Crippen LogP contribution in [0.1, 0.15) is 0 Å². The van der Waals surface area contributed by atoms with Crippen LogP contribution in [0, 0.1) is 0 Å². The number of aromatic hydroxyl groups is 2. The second kappa shape index (κ2) is 2.30. The molecule has 0 fully saturated rings. The zero-order valence-corrected chi connectivity index (χ0v) is 4.98. The van der Waals surface area contributed by atoms with Crippen LogP contribution in [0.2, 0.25) is 0 Å². The maximum atomic E-state index is 9.82. The molecule has 1 heterocycles. The highest BCUT2D eigenvalue weighted by Crippen LogP contribution is 2.17. The van der Waals surface area contributed by atoms with Gasteiger partial charge in [0.15, 0.2) is 0 Å². The molecule has 1 amide bonds. The molecule has 0 bridgehead atoms. The van der Waals surface area contributed by atoms with Crippen LogP contribution in [0.25, 0.3) is 0 Å². The molecule has 1 aromatic heterocycles. The number of nitrogens with zero attached hydrogens (tertiary/aromatic N) is 1. The lowest BCUT2D eigenvalue weighted by molar-refractivity contribution is -0.106. The molecular weight excluding hydrogens is 136 g/mol. The molecule has 1 aromatic rings. The molecule has 5 heteroatoms. The first kappa shape index (κ1) is 6.47. The lowest BCUT2D eigenvalue weighted by atomic mass is 10.6. The fourth-order valence-electron chi connectivity index (χ4n) is 0.600. The minimum atomic E-state index is -0.218. The fraction of sp³-hybridized carbons (Fsp3) is 0. The molecule has 0 aliphatic heterocycles. The van der Waals surface area contributed by atoms with Gasteiger partial charge in [-0.3, -0.25) is 10.2 Å². The van der Waals surface area contributed by atoms with E-state index in [4.69, 9.17) is 10.2 Å². The van der Waals surface area contributed by atoms with E-state index < -0.39 is 0 Å². The van der Waals surface area contributed by atoms with Crippen molar-refractivity contribution in [1.82, 2.24) is 4.68 Å². The third-order valence-corrected chi connectivity index (χ3v) is 1.02. The van der Waals surface area contributed by atoms with Gasteiger partial charge in [0.2, 0.25) is 18.2 Å². The molecule has 0 radical (unpaired) electrons. The Balaban J connectivity index is 2.97. The maximum Gasteiger partial charge on any atom is 0.226 e. The predicted molar refractivity (Wildman–Crippen MR) is 33.2 cm³/mol. The van der Waals surface area contributed by atoms with Crippen LogP contribution < -0.4 is 5.43 Å². The van der Waals surface area contributed by atoms with Gasteiger partial charge in [0.1, 0.15) is 0 Å². The molecule has 54 valence electrons. The van der Waals surface area contributed by atoms with Crippen molar-refractivity contribution >= 4 is 6.41 Å². The summed E-state index contributed by atoms with van der Waals surface area (Å²) in [5.41, 5.74) is 2.06. The van der Waals surface area contributed by atoms with Gasteiger partial charge < -0.3 is 10.2 Å². The molecule has 0 saturated heterocycles. The van der Waals surface area contributed by atoms with Gasteiger partial charge >= 0.3 is 0 Å². The smallest absolute Gasteiger partial charge is 0.226 e. The summed E-state index contributed by atoms with van der Waals surface area (Å²) in [5.74, 6) is -0.436. The van der Waals surface area contributed by atoms with E-state index in [0.29, 0.717) is 6.41 Å². The second-order valence-corrected chi connectivity index (χ2v) is 1.63. The Morgan fingerprint density at radius 3 is 2.30 bits per heavy atom. The highest BCUT2D eigenvalue weighted by atomic mass is 16.3. The summed E-state index contributed by atoms with van der Waals surface area (Å²) in [5, 5.41) is 17.7. The number of hydrogen-bond acceptors (Lipinski definition) is 3. The van der Waals surface area contributed by atoms with Gasteiger partial charge in [-0.05, 0) is 0 Å². The highest BCUT2D eigenvalue weighted by Gasteiger charge is 2.02. The van der Waals surface area contributed by atoms with Crippen molar-refractivity contribution in [2.45, 2.75) is 0 Å². The fourth-order valence-corrected chi connectivity index (χ4v) is 0.600. The van der Waals surface area contributed by atoms with Crippen molar-refractivity contribution in [3.63, 3.8) is 0 Å². The quantitative estimate of drug-likeness (QED) is 0.492. The van der Waals surface area contributed by atoms with E-state index in [1.54, 1.807) is 0 Å². The normalized spacial score (nSPS) is 9.20. The summed E-state index contributed by atoms with van der Waals surface area (Å²) >= 11 is 0. The van der Waals surface area contributed by atoms with Gasteiger partial charge in [-0.1, -0.05) is 0 Å². The van der Waals surface area contributed by atoms with E-state index in [1.165, 1.54) is 12.1 Å². The third-order valence-electron chi connectivity index (χ3n) is 1.02. The number of amides is 1. The van der Waals surface area contributed by atoms with Crippen molar-refractivity contribution < 1.29 is 15.0 Å². The minimum Gasteiger partial charge on any atom is -0.493 e. The van der Waals surface area contributed by atoms with E-state index in [1.807, 2.05) is 0 Å². The van der Waals surface area contributed by atoms with Gasteiger partial charge in [0, 0.05) is 12.1 Å². The molecule has 1 rings (SSSR count). The SMILES string of the molecule is O=CNn1c(O)ccc1O. The summed E-state index contributed by atoms with van der Waals surface area (Å²) in [4.78, 5) is 9.82. The van der Waals surface area contributed by atoms with Gasteiger partial charge in [-0.2, -0.15) is 4.68 Å². The maximum absolute atomic E-state index is 9.82. The van der Waals surface area contributed by atoms with Gasteiger partial charge in [-0.15, -0.1) is 0 Å². The Morgan fingerprint density at radius 1 is 1.40 bits per heavy atom. The molecule has 5 nitrogen and oxygen atoms in total. The molecule has 0 aromatic carbocycles.